The highest BCUT2D eigenvalue weighted by Gasteiger charge is 2.34. The predicted molar refractivity (Wildman–Crippen MR) is 89.8 cm³/mol. The summed E-state index contributed by atoms with van der Waals surface area (Å²) in [6.45, 7) is 2.76. The van der Waals surface area contributed by atoms with E-state index in [1.807, 2.05) is 6.92 Å². The minimum atomic E-state index is -4.50. The maximum atomic E-state index is 12.8. The Hall–Kier alpha value is -2.36. The lowest BCUT2D eigenvalue weighted by atomic mass is 10.2. The maximum Gasteiger partial charge on any atom is 0.421 e. The van der Waals surface area contributed by atoms with Crippen LogP contribution in [0.4, 0.5) is 13.2 Å². The molecule has 0 aliphatic heterocycles. The standard InChI is InChI=1S/C15H18F3N5OS/c1-10-8-22-12(25-10)9-23-14(19-2)21-6-7-24-13-11(15(16,17)18)4-3-5-20-13/h3-5,8H,6-7,9H2,1-2H3,(H2,19,21,23). The van der Waals surface area contributed by atoms with Crippen molar-refractivity contribution >= 4 is 17.3 Å². The van der Waals surface area contributed by atoms with Crippen molar-refractivity contribution in [2.45, 2.75) is 19.6 Å². The molecule has 0 atom stereocenters. The Morgan fingerprint density at radius 1 is 1.32 bits per heavy atom. The summed E-state index contributed by atoms with van der Waals surface area (Å²) in [5, 5.41) is 6.94. The van der Waals surface area contributed by atoms with Crippen LogP contribution in [0.15, 0.2) is 29.5 Å². The van der Waals surface area contributed by atoms with E-state index >= 15 is 0 Å². The van der Waals surface area contributed by atoms with Gasteiger partial charge in [-0.15, -0.1) is 11.3 Å². The summed E-state index contributed by atoms with van der Waals surface area (Å²) >= 11 is 1.57. The molecule has 0 saturated carbocycles. The summed E-state index contributed by atoms with van der Waals surface area (Å²) in [7, 11) is 1.60. The molecule has 0 unspecified atom stereocenters. The molecule has 0 aromatic carbocycles. The molecule has 25 heavy (non-hydrogen) atoms. The number of ether oxygens (including phenoxy) is 1. The zero-order chi connectivity index (χ0) is 18.3. The molecule has 2 aromatic rings. The summed E-state index contributed by atoms with van der Waals surface area (Å²) in [6.07, 6.45) is -1.45. The lowest BCUT2D eigenvalue weighted by Crippen LogP contribution is -2.38. The van der Waals surface area contributed by atoms with Gasteiger partial charge < -0.3 is 15.4 Å². The van der Waals surface area contributed by atoms with Gasteiger partial charge in [-0.3, -0.25) is 4.99 Å². The molecule has 0 spiro atoms. The van der Waals surface area contributed by atoms with Crippen LogP contribution in [0.25, 0.3) is 0 Å². The molecule has 0 fully saturated rings. The van der Waals surface area contributed by atoms with Crippen molar-refractivity contribution in [1.82, 2.24) is 20.6 Å². The van der Waals surface area contributed by atoms with E-state index in [1.165, 1.54) is 12.3 Å². The Labute approximate surface area is 147 Å². The lowest BCUT2D eigenvalue weighted by molar-refractivity contribution is -0.139. The van der Waals surface area contributed by atoms with Gasteiger partial charge >= 0.3 is 6.18 Å². The highest BCUT2D eigenvalue weighted by molar-refractivity contribution is 7.11. The molecule has 0 saturated heterocycles. The third-order valence-corrected chi connectivity index (χ3v) is 3.92. The smallest absolute Gasteiger partial charge is 0.421 e. The van der Waals surface area contributed by atoms with Crippen molar-refractivity contribution in [3.05, 3.63) is 40.0 Å². The van der Waals surface area contributed by atoms with Crippen LogP contribution in [0.5, 0.6) is 5.88 Å². The zero-order valence-corrected chi connectivity index (χ0v) is 14.5. The van der Waals surface area contributed by atoms with Crippen LogP contribution < -0.4 is 15.4 Å². The monoisotopic (exact) mass is 373 g/mol. The van der Waals surface area contributed by atoms with Gasteiger partial charge in [0.05, 0.1) is 13.1 Å². The number of aryl methyl sites for hydroxylation is 1. The molecule has 0 radical (unpaired) electrons. The lowest BCUT2D eigenvalue weighted by Gasteiger charge is -2.14. The Balaban J connectivity index is 1.78. The van der Waals surface area contributed by atoms with E-state index in [1.54, 1.807) is 24.6 Å². The first-order chi connectivity index (χ1) is 11.9. The topological polar surface area (TPSA) is 71.4 Å². The molecule has 2 heterocycles. The van der Waals surface area contributed by atoms with E-state index in [0.29, 0.717) is 12.5 Å². The summed E-state index contributed by atoms with van der Waals surface area (Å²) in [4.78, 5) is 13.0. The Morgan fingerprint density at radius 3 is 2.76 bits per heavy atom. The molecule has 0 bridgehead atoms. The number of hydrogen-bond acceptors (Lipinski definition) is 5. The molecular weight excluding hydrogens is 355 g/mol. The largest absolute Gasteiger partial charge is 0.475 e. The Bertz CT molecular complexity index is 717. The number of halogens is 3. The number of rotatable bonds is 6. The second kappa shape index (κ2) is 8.65. The molecule has 0 amide bonds. The average molecular weight is 373 g/mol. The third-order valence-electron chi connectivity index (χ3n) is 3.01. The van der Waals surface area contributed by atoms with Gasteiger partial charge in [0.15, 0.2) is 5.96 Å². The Morgan fingerprint density at radius 2 is 2.12 bits per heavy atom. The Kier molecular flexibility index (Phi) is 6.57. The van der Waals surface area contributed by atoms with Gasteiger partial charge in [0.2, 0.25) is 5.88 Å². The fourth-order valence-electron chi connectivity index (χ4n) is 1.90. The minimum Gasteiger partial charge on any atom is -0.475 e. The molecule has 2 rings (SSSR count). The van der Waals surface area contributed by atoms with Gasteiger partial charge in [0, 0.05) is 24.3 Å². The number of aromatic nitrogens is 2. The number of thiazole rings is 1. The van der Waals surface area contributed by atoms with Crippen LogP contribution in [0.1, 0.15) is 15.4 Å². The van der Waals surface area contributed by atoms with Crippen molar-refractivity contribution < 1.29 is 17.9 Å². The van der Waals surface area contributed by atoms with Crippen LogP contribution in [-0.4, -0.2) is 36.1 Å². The molecule has 2 N–H and O–H groups in total. The third kappa shape index (κ3) is 5.89. The predicted octanol–water partition coefficient (Wildman–Crippen LogP) is 2.61. The van der Waals surface area contributed by atoms with Crippen LogP contribution in [0, 0.1) is 6.92 Å². The van der Waals surface area contributed by atoms with Gasteiger partial charge in [-0.1, -0.05) is 0 Å². The summed E-state index contributed by atoms with van der Waals surface area (Å²) in [6, 6.07) is 2.16. The molecule has 6 nitrogen and oxygen atoms in total. The number of alkyl halides is 3. The van der Waals surface area contributed by atoms with Gasteiger partial charge in [-0.05, 0) is 19.1 Å². The van der Waals surface area contributed by atoms with Crippen molar-refractivity contribution in [1.29, 1.82) is 0 Å². The van der Waals surface area contributed by atoms with Crippen molar-refractivity contribution in [3.8, 4) is 5.88 Å². The highest BCUT2D eigenvalue weighted by atomic mass is 32.1. The first-order valence-electron chi connectivity index (χ1n) is 7.41. The van der Waals surface area contributed by atoms with Gasteiger partial charge in [-0.25, -0.2) is 9.97 Å². The van der Waals surface area contributed by atoms with Crippen LogP contribution >= 0.6 is 11.3 Å². The normalized spacial score (nSPS) is 12.1. The average Bonchev–Trinajstić information content (AvgIpc) is 2.99. The van der Waals surface area contributed by atoms with Crippen molar-refractivity contribution in [2.75, 3.05) is 20.2 Å². The summed E-state index contributed by atoms with van der Waals surface area (Å²) in [5.74, 6) is 0.0755. The molecule has 2 aromatic heterocycles. The van der Waals surface area contributed by atoms with Crippen LogP contribution in [0.3, 0.4) is 0 Å². The molecule has 136 valence electrons. The van der Waals surface area contributed by atoms with Gasteiger partial charge in [0.1, 0.15) is 17.2 Å². The van der Waals surface area contributed by atoms with Crippen molar-refractivity contribution in [2.24, 2.45) is 4.99 Å². The quantitative estimate of drug-likeness (QED) is 0.463. The number of nitrogens with one attached hydrogen (secondary N) is 2. The van der Waals surface area contributed by atoms with Crippen LogP contribution in [0.2, 0.25) is 0 Å². The van der Waals surface area contributed by atoms with E-state index in [-0.39, 0.29) is 13.2 Å². The maximum absolute atomic E-state index is 12.8. The molecule has 0 aliphatic carbocycles. The number of hydrogen-bond donors (Lipinski definition) is 2. The molecular formula is C15H18F3N5OS. The first kappa shape index (κ1) is 19.0. The molecule has 10 heteroatoms. The number of aliphatic imine (C=N–C) groups is 1. The first-order valence-corrected chi connectivity index (χ1v) is 8.22. The zero-order valence-electron chi connectivity index (χ0n) is 13.7. The van der Waals surface area contributed by atoms with E-state index in [0.717, 1.165) is 16.0 Å². The fraction of sp³-hybridized carbons (Fsp3) is 0.400. The SMILES string of the molecule is CN=C(NCCOc1ncccc1C(F)(F)F)NCc1ncc(C)s1. The number of pyridine rings is 1. The van der Waals surface area contributed by atoms with E-state index in [2.05, 4.69) is 25.6 Å². The van der Waals surface area contributed by atoms with Crippen LogP contribution in [-0.2, 0) is 12.7 Å². The fourth-order valence-corrected chi connectivity index (χ4v) is 2.63. The van der Waals surface area contributed by atoms with Gasteiger partial charge in [0.25, 0.3) is 0 Å². The second-order valence-electron chi connectivity index (χ2n) is 4.92. The van der Waals surface area contributed by atoms with E-state index in [9.17, 15) is 13.2 Å². The summed E-state index contributed by atoms with van der Waals surface area (Å²) in [5.41, 5.74) is -0.892. The van der Waals surface area contributed by atoms with E-state index < -0.39 is 17.6 Å². The van der Waals surface area contributed by atoms with Gasteiger partial charge in [-0.2, -0.15) is 13.2 Å². The molecule has 0 aliphatic rings. The minimum absolute atomic E-state index is 0.0111. The van der Waals surface area contributed by atoms with E-state index in [4.69, 9.17) is 4.74 Å². The number of guanidine groups is 1. The number of nitrogens with zero attached hydrogens (tertiary/aromatic N) is 3. The van der Waals surface area contributed by atoms with Crippen molar-refractivity contribution in [3.63, 3.8) is 0 Å². The highest BCUT2D eigenvalue weighted by Crippen LogP contribution is 2.34. The summed E-state index contributed by atoms with van der Waals surface area (Å²) < 4.78 is 43.6. The second-order valence-corrected chi connectivity index (χ2v) is 6.24.